The van der Waals surface area contributed by atoms with Gasteiger partial charge in [-0.25, -0.2) is 9.69 Å². The van der Waals surface area contributed by atoms with Crippen LogP contribution in [0, 0.1) is 5.92 Å². The van der Waals surface area contributed by atoms with E-state index in [1.165, 1.54) is 32.2 Å². The predicted octanol–water partition coefficient (Wildman–Crippen LogP) is 1.56. The summed E-state index contributed by atoms with van der Waals surface area (Å²) in [5.41, 5.74) is 0. The number of hydrogen-bond acceptors (Lipinski definition) is 4. The van der Waals surface area contributed by atoms with Crippen molar-refractivity contribution in [1.82, 2.24) is 0 Å². The monoisotopic (exact) mass is 239 g/mol. The molecule has 1 N–H and O–H groups in total. The molecule has 1 heterocycles. The molecule has 6 nitrogen and oxygen atoms in total. The lowest BCUT2D eigenvalue weighted by Crippen LogP contribution is -2.39. The quantitative estimate of drug-likeness (QED) is 0.787. The lowest BCUT2D eigenvalue weighted by atomic mass is 10.0. The minimum atomic E-state index is -1.27. The van der Waals surface area contributed by atoms with Gasteiger partial charge in [-0.2, -0.15) is 0 Å². The molecule has 0 radical (unpaired) electrons. The highest BCUT2D eigenvalue weighted by atomic mass is 16.4. The lowest BCUT2D eigenvalue weighted by Gasteiger charge is -2.19. The average molecular weight is 239 g/mol. The van der Waals surface area contributed by atoms with Crippen molar-refractivity contribution < 1.29 is 23.9 Å². The van der Waals surface area contributed by atoms with E-state index in [1.54, 1.807) is 0 Å². The van der Waals surface area contributed by atoms with Crippen molar-refractivity contribution >= 4 is 23.5 Å². The molecule has 0 atom stereocenters. The highest BCUT2D eigenvalue weighted by molar-refractivity contribution is 6.01. The molecule has 92 valence electrons. The van der Waals surface area contributed by atoms with E-state index in [0.717, 1.165) is 4.90 Å². The van der Waals surface area contributed by atoms with Crippen LogP contribution in [0.5, 0.6) is 0 Å². The number of carbonyl (C=O) groups is 3. The summed E-state index contributed by atoms with van der Waals surface area (Å²) in [4.78, 5) is 34.3. The van der Waals surface area contributed by atoms with Gasteiger partial charge in [0.1, 0.15) is 11.6 Å². The van der Waals surface area contributed by atoms with E-state index in [4.69, 9.17) is 9.52 Å². The van der Waals surface area contributed by atoms with Crippen LogP contribution in [0.25, 0.3) is 0 Å². The van der Waals surface area contributed by atoms with Gasteiger partial charge in [0.15, 0.2) is 0 Å². The molecule has 0 aromatic carbocycles. The van der Waals surface area contributed by atoms with Gasteiger partial charge in [0.25, 0.3) is 0 Å². The first-order valence-electron chi connectivity index (χ1n) is 4.98. The SMILES string of the molecule is CC(=O)C(CN(C(=O)O)c1ccco1)C(C)=O. The molecule has 0 saturated carbocycles. The van der Waals surface area contributed by atoms with E-state index >= 15 is 0 Å². The Hall–Kier alpha value is -2.11. The Balaban J connectivity index is 2.91. The highest BCUT2D eigenvalue weighted by Crippen LogP contribution is 2.17. The number of carbonyl (C=O) groups excluding carboxylic acids is 2. The summed E-state index contributed by atoms with van der Waals surface area (Å²) in [6.45, 7) is 2.29. The van der Waals surface area contributed by atoms with Crippen molar-refractivity contribution in [3.05, 3.63) is 18.4 Å². The molecule has 1 rings (SSSR count). The normalized spacial score (nSPS) is 10.3. The van der Waals surface area contributed by atoms with Crippen LogP contribution in [0.4, 0.5) is 10.7 Å². The number of amides is 1. The molecule has 0 aliphatic heterocycles. The average Bonchev–Trinajstić information content (AvgIpc) is 2.69. The number of anilines is 1. The fourth-order valence-electron chi connectivity index (χ4n) is 1.41. The summed E-state index contributed by atoms with van der Waals surface area (Å²) in [5, 5.41) is 9.00. The Bertz CT molecular complexity index is 409. The maximum Gasteiger partial charge on any atom is 0.414 e. The van der Waals surface area contributed by atoms with Crippen LogP contribution < -0.4 is 4.90 Å². The zero-order valence-corrected chi connectivity index (χ0v) is 9.54. The molecule has 0 bridgehead atoms. The van der Waals surface area contributed by atoms with Crippen LogP contribution in [0.3, 0.4) is 0 Å². The van der Waals surface area contributed by atoms with Crippen molar-refractivity contribution in [2.45, 2.75) is 13.8 Å². The molecule has 0 aliphatic carbocycles. The van der Waals surface area contributed by atoms with Gasteiger partial charge in [-0.15, -0.1) is 0 Å². The largest absolute Gasteiger partial charge is 0.465 e. The molecule has 0 aliphatic rings. The van der Waals surface area contributed by atoms with Gasteiger partial charge in [0, 0.05) is 12.6 Å². The third kappa shape index (κ3) is 3.17. The second-order valence-corrected chi connectivity index (χ2v) is 3.62. The maximum absolute atomic E-state index is 11.2. The number of Topliss-reactive ketones (excluding diaryl/α,β-unsaturated/α-hetero) is 2. The molecular formula is C11H13NO5. The van der Waals surface area contributed by atoms with Crippen LogP contribution in [0.1, 0.15) is 13.8 Å². The van der Waals surface area contributed by atoms with E-state index < -0.39 is 12.0 Å². The summed E-state index contributed by atoms with van der Waals surface area (Å²) in [6, 6.07) is 2.98. The van der Waals surface area contributed by atoms with E-state index in [-0.39, 0.29) is 24.0 Å². The van der Waals surface area contributed by atoms with Gasteiger partial charge >= 0.3 is 6.09 Å². The zero-order valence-electron chi connectivity index (χ0n) is 9.54. The third-order valence-corrected chi connectivity index (χ3v) is 2.35. The molecule has 6 heteroatoms. The molecule has 0 unspecified atom stereocenters. The summed E-state index contributed by atoms with van der Waals surface area (Å²) in [7, 11) is 0. The van der Waals surface area contributed by atoms with Gasteiger partial charge in [0.2, 0.25) is 5.88 Å². The summed E-state index contributed by atoms with van der Waals surface area (Å²) >= 11 is 0. The summed E-state index contributed by atoms with van der Waals surface area (Å²) in [6.07, 6.45) is 0.0504. The van der Waals surface area contributed by atoms with Gasteiger partial charge in [-0.05, 0) is 19.9 Å². The van der Waals surface area contributed by atoms with Crippen molar-refractivity contribution in [1.29, 1.82) is 0 Å². The number of nitrogens with zero attached hydrogens (tertiary/aromatic N) is 1. The minimum absolute atomic E-state index is 0.0880. The van der Waals surface area contributed by atoms with Crippen molar-refractivity contribution in [2.75, 3.05) is 11.4 Å². The van der Waals surface area contributed by atoms with Crippen molar-refractivity contribution in [2.24, 2.45) is 5.92 Å². The van der Waals surface area contributed by atoms with Crippen molar-refractivity contribution in [3.63, 3.8) is 0 Å². The minimum Gasteiger partial charge on any atom is -0.465 e. The van der Waals surface area contributed by atoms with E-state index in [2.05, 4.69) is 0 Å². The first kappa shape index (κ1) is 13.0. The van der Waals surface area contributed by atoms with Gasteiger partial charge < -0.3 is 9.52 Å². The topological polar surface area (TPSA) is 87.8 Å². The van der Waals surface area contributed by atoms with E-state index in [1.807, 2.05) is 0 Å². The lowest BCUT2D eigenvalue weighted by molar-refractivity contribution is -0.129. The predicted molar refractivity (Wildman–Crippen MR) is 58.9 cm³/mol. The zero-order chi connectivity index (χ0) is 13.0. The standard InChI is InChI=1S/C11H13NO5/c1-7(13)9(8(2)14)6-12(11(15)16)10-4-3-5-17-10/h3-5,9H,6H2,1-2H3,(H,15,16). The number of carboxylic acid groups (broad SMARTS) is 1. The third-order valence-electron chi connectivity index (χ3n) is 2.35. The first-order valence-corrected chi connectivity index (χ1v) is 4.98. The maximum atomic E-state index is 11.2. The van der Waals surface area contributed by atoms with Gasteiger partial charge in [-0.3, -0.25) is 9.59 Å². The second kappa shape index (κ2) is 5.29. The number of ketones is 2. The Morgan fingerprint density at radius 1 is 1.35 bits per heavy atom. The summed E-state index contributed by atoms with van der Waals surface area (Å²) in [5.74, 6) is -1.60. The molecule has 17 heavy (non-hydrogen) atoms. The molecule has 1 amide bonds. The molecular weight excluding hydrogens is 226 g/mol. The Morgan fingerprint density at radius 2 is 1.94 bits per heavy atom. The van der Waals surface area contributed by atoms with Crippen LogP contribution in [0.15, 0.2) is 22.8 Å². The van der Waals surface area contributed by atoms with Gasteiger partial charge in [0.05, 0.1) is 12.2 Å². The Kier molecular flexibility index (Phi) is 4.03. The molecule has 0 spiro atoms. The fraction of sp³-hybridized carbons (Fsp3) is 0.364. The fourth-order valence-corrected chi connectivity index (χ4v) is 1.41. The molecule has 1 aromatic rings. The van der Waals surface area contributed by atoms with Crippen LogP contribution in [-0.2, 0) is 9.59 Å². The van der Waals surface area contributed by atoms with Crippen LogP contribution >= 0.6 is 0 Å². The molecule has 0 fully saturated rings. The number of furan rings is 1. The summed E-state index contributed by atoms with van der Waals surface area (Å²) < 4.78 is 4.94. The Morgan fingerprint density at radius 3 is 2.29 bits per heavy atom. The molecule has 1 aromatic heterocycles. The molecule has 0 saturated heterocycles. The number of rotatable bonds is 5. The van der Waals surface area contributed by atoms with Crippen molar-refractivity contribution in [3.8, 4) is 0 Å². The van der Waals surface area contributed by atoms with E-state index in [0.29, 0.717) is 0 Å². The Labute approximate surface area is 97.8 Å². The van der Waals surface area contributed by atoms with Crippen LogP contribution in [0.2, 0.25) is 0 Å². The van der Waals surface area contributed by atoms with Gasteiger partial charge in [-0.1, -0.05) is 0 Å². The highest BCUT2D eigenvalue weighted by Gasteiger charge is 2.27. The smallest absolute Gasteiger partial charge is 0.414 e. The first-order chi connectivity index (χ1) is 7.93. The number of hydrogen-bond donors (Lipinski definition) is 1. The van der Waals surface area contributed by atoms with Crippen LogP contribution in [-0.4, -0.2) is 29.3 Å². The van der Waals surface area contributed by atoms with E-state index in [9.17, 15) is 14.4 Å². The second-order valence-electron chi connectivity index (χ2n) is 3.62.